The van der Waals surface area contributed by atoms with E-state index in [1.54, 1.807) is 0 Å². The maximum atomic E-state index is 12.2. The van der Waals surface area contributed by atoms with Crippen molar-refractivity contribution in [1.82, 2.24) is 10.3 Å². The smallest absolute Gasteiger partial charge is 0.243 e. The number of benzene rings is 1. The van der Waals surface area contributed by atoms with Gasteiger partial charge in [0, 0.05) is 0 Å². The highest BCUT2D eigenvalue weighted by molar-refractivity contribution is 7.22. The predicted molar refractivity (Wildman–Crippen MR) is 85.1 cm³/mol. The first kappa shape index (κ1) is 14.3. The molecule has 1 aliphatic rings. The highest BCUT2D eigenvalue weighted by Gasteiger charge is 2.21. The maximum absolute atomic E-state index is 12.2. The number of carbonyl (C=O) groups excluding carboxylic acids is 1. The second-order valence-corrected chi connectivity index (χ2v) is 6.10. The minimum atomic E-state index is -0.0928. The molecular weight excluding hydrogens is 286 g/mol. The van der Waals surface area contributed by atoms with E-state index in [4.69, 9.17) is 4.74 Å². The summed E-state index contributed by atoms with van der Waals surface area (Å²) in [5, 5.41) is 6.81. The molecule has 1 aliphatic heterocycles. The van der Waals surface area contributed by atoms with Crippen molar-refractivity contribution in [3.63, 3.8) is 0 Å². The van der Waals surface area contributed by atoms with Crippen LogP contribution in [-0.2, 0) is 4.79 Å². The molecule has 1 amide bonds. The summed E-state index contributed by atoms with van der Waals surface area (Å²) in [5.74, 6) is 0.847. The van der Waals surface area contributed by atoms with E-state index >= 15 is 0 Å². The van der Waals surface area contributed by atoms with Crippen LogP contribution in [-0.4, -0.2) is 30.1 Å². The Morgan fingerprint density at radius 2 is 2.43 bits per heavy atom. The van der Waals surface area contributed by atoms with Crippen LogP contribution in [0.2, 0.25) is 0 Å². The first-order valence-electron chi connectivity index (χ1n) is 7.34. The van der Waals surface area contributed by atoms with Gasteiger partial charge >= 0.3 is 0 Å². The lowest BCUT2D eigenvalue weighted by atomic mass is 10.0. The lowest BCUT2D eigenvalue weighted by Crippen LogP contribution is -2.43. The molecule has 0 spiro atoms. The monoisotopic (exact) mass is 305 g/mol. The van der Waals surface area contributed by atoms with Gasteiger partial charge in [0.1, 0.15) is 5.75 Å². The van der Waals surface area contributed by atoms with E-state index in [1.165, 1.54) is 11.3 Å². The summed E-state index contributed by atoms with van der Waals surface area (Å²) in [6, 6.07) is 5.70. The van der Waals surface area contributed by atoms with E-state index in [9.17, 15) is 4.79 Å². The fourth-order valence-corrected chi connectivity index (χ4v) is 3.38. The van der Waals surface area contributed by atoms with E-state index < -0.39 is 0 Å². The number of nitrogens with one attached hydrogen (secondary N) is 2. The average molecular weight is 305 g/mol. The summed E-state index contributed by atoms with van der Waals surface area (Å²) >= 11 is 1.48. The Balaban J connectivity index is 1.73. The lowest BCUT2D eigenvalue weighted by molar-refractivity contribution is -0.118. The van der Waals surface area contributed by atoms with Crippen molar-refractivity contribution in [1.29, 1.82) is 0 Å². The van der Waals surface area contributed by atoms with Gasteiger partial charge in [0.25, 0.3) is 0 Å². The molecule has 5 nitrogen and oxygen atoms in total. The molecule has 0 aliphatic carbocycles. The van der Waals surface area contributed by atoms with Gasteiger partial charge in [-0.05, 0) is 44.5 Å². The third kappa shape index (κ3) is 3.33. The molecule has 1 saturated heterocycles. The number of amides is 1. The van der Waals surface area contributed by atoms with Crippen LogP contribution < -0.4 is 15.4 Å². The molecule has 2 aromatic rings. The van der Waals surface area contributed by atoms with Crippen molar-refractivity contribution in [3.05, 3.63) is 18.2 Å². The molecule has 0 unspecified atom stereocenters. The van der Waals surface area contributed by atoms with Gasteiger partial charge in [-0.25, -0.2) is 4.98 Å². The number of anilines is 1. The highest BCUT2D eigenvalue weighted by Crippen LogP contribution is 2.29. The summed E-state index contributed by atoms with van der Waals surface area (Å²) in [7, 11) is 0. The fraction of sp³-hybridized carbons (Fsp3) is 0.467. The molecule has 1 aromatic carbocycles. The molecule has 0 saturated carbocycles. The third-order valence-corrected chi connectivity index (χ3v) is 4.46. The molecule has 1 atom stereocenters. The number of nitrogens with zero attached hydrogens (tertiary/aromatic N) is 1. The molecule has 3 rings (SSSR count). The summed E-state index contributed by atoms with van der Waals surface area (Å²) in [5.41, 5.74) is 0.885. The van der Waals surface area contributed by atoms with E-state index in [2.05, 4.69) is 15.6 Å². The van der Waals surface area contributed by atoms with Crippen LogP contribution in [0.25, 0.3) is 10.2 Å². The van der Waals surface area contributed by atoms with Crippen molar-refractivity contribution in [2.24, 2.45) is 0 Å². The second-order valence-electron chi connectivity index (χ2n) is 5.07. The Morgan fingerprint density at radius 3 is 3.19 bits per heavy atom. The summed E-state index contributed by atoms with van der Waals surface area (Å²) < 4.78 is 6.50. The Bertz CT molecular complexity index is 635. The van der Waals surface area contributed by atoms with Crippen LogP contribution in [0.3, 0.4) is 0 Å². The number of carbonyl (C=O) groups is 1. The molecule has 2 heterocycles. The average Bonchev–Trinajstić information content (AvgIpc) is 2.90. The molecule has 0 bridgehead atoms. The molecule has 112 valence electrons. The van der Waals surface area contributed by atoms with Crippen molar-refractivity contribution < 1.29 is 9.53 Å². The number of aromatic nitrogens is 1. The zero-order chi connectivity index (χ0) is 14.7. The van der Waals surface area contributed by atoms with Crippen molar-refractivity contribution in [3.8, 4) is 5.75 Å². The Morgan fingerprint density at radius 1 is 1.52 bits per heavy atom. The summed E-state index contributed by atoms with van der Waals surface area (Å²) in [4.78, 5) is 16.6. The Hall–Kier alpha value is -1.66. The molecule has 21 heavy (non-hydrogen) atoms. The van der Waals surface area contributed by atoms with Gasteiger partial charge in [-0.15, -0.1) is 0 Å². The van der Waals surface area contributed by atoms with Gasteiger partial charge in [0.15, 0.2) is 5.13 Å². The van der Waals surface area contributed by atoms with Gasteiger partial charge in [-0.2, -0.15) is 0 Å². The van der Waals surface area contributed by atoms with Crippen molar-refractivity contribution in [2.75, 3.05) is 18.5 Å². The molecule has 0 radical (unpaired) electrons. The Labute approximate surface area is 127 Å². The lowest BCUT2D eigenvalue weighted by Gasteiger charge is -2.21. The zero-order valence-electron chi connectivity index (χ0n) is 12.0. The third-order valence-electron chi connectivity index (χ3n) is 3.53. The number of rotatable bonds is 4. The largest absolute Gasteiger partial charge is 0.494 e. The number of hydrogen-bond donors (Lipinski definition) is 2. The number of fused-ring (bicyclic) bond motifs is 1. The second kappa shape index (κ2) is 6.41. The van der Waals surface area contributed by atoms with Crippen LogP contribution in [0.1, 0.15) is 26.2 Å². The fourth-order valence-electron chi connectivity index (χ4n) is 2.48. The van der Waals surface area contributed by atoms with Crippen LogP contribution in [0.4, 0.5) is 5.13 Å². The maximum Gasteiger partial charge on any atom is 0.243 e. The van der Waals surface area contributed by atoms with Gasteiger partial charge < -0.3 is 15.4 Å². The quantitative estimate of drug-likeness (QED) is 0.912. The van der Waals surface area contributed by atoms with Crippen LogP contribution >= 0.6 is 11.3 Å². The van der Waals surface area contributed by atoms with Crippen molar-refractivity contribution in [2.45, 2.75) is 32.2 Å². The Kier molecular flexibility index (Phi) is 4.36. The molecule has 1 aromatic heterocycles. The summed E-state index contributed by atoms with van der Waals surface area (Å²) in [6.07, 6.45) is 3.14. The molecular formula is C15H19N3O2S. The molecule has 2 N–H and O–H groups in total. The number of thiazole rings is 1. The van der Waals surface area contributed by atoms with Crippen LogP contribution in [0, 0.1) is 0 Å². The highest BCUT2D eigenvalue weighted by atomic mass is 32.1. The van der Waals surface area contributed by atoms with E-state index in [0.717, 1.165) is 41.8 Å². The number of ether oxygens (including phenoxy) is 1. The first-order valence-corrected chi connectivity index (χ1v) is 8.15. The van der Waals surface area contributed by atoms with Crippen LogP contribution in [0.15, 0.2) is 18.2 Å². The minimum absolute atomic E-state index is 0.0128. The SMILES string of the molecule is CCOc1ccc2nc(NC(=O)[C@H]3CCCCN3)sc2c1. The zero-order valence-corrected chi connectivity index (χ0v) is 12.8. The van der Waals surface area contributed by atoms with Crippen LogP contribution in [0.5, 0.6) is 5.75 Å². The van der Waals surface area contributed by atoms with E-state index in [0.29, 0.717) is 11.7 Å². The topological polar surface area (TPSA) is 63.2 Å². The normalized spacial score (nSPS) is 18.6. The van der Waals surface area contributed by atoms with Gasteiger partial charge in [0.2, 0.25) is 5.91 Å². The van der Waals surface area contributed by atoms with E-state index in [-0.39, 0.29) is 11.9 Å². The van der Waals surface area contributed by atoms with E-state index in [1.807, 2.05) is 25.1 Å². The minimum Gasteiger partial charge on any atom is -0.494 e. The first-order chi connectivity index (χ1) is 10.3. The van der Waals surface area contributed by atoms with Crippen molar-refractivity contribution >= 4 is 32.6 Å². The number of hydrogen-bond acceptors (Lipinski definition) is 5. The summed E-state index contributed by atoms with van der Waals surface area (Å²) in [6.45, 7) is 3.51. The van der Waals surface area contributed by atoms with Gasteiger partial charge in [-0.3, -0.25) is 4.79 Å². The molecule has 1 fully saturated rings. The predicted octanol–water partition coefficient (Wildman–Crippen LogP) is 2.78. The molecule has 6 heteroatoms. The van der Waals surface area contributed by atoms with Gasteiger partial charge in [0.05, 0.1) is 22.9 Å². The van der Waals surface area contributed by atoms with Gasteiger partial charge in [-0.1, -0.05) is 17.8 Å². The standard InChI is InChI=1S/C15H19N3O2S/c1-2-20-10-6-7-11-13(9-10)21-15(17-11)18-14(19)12-5-3-4-8-16-12/h6-7,9,12,16H,2-5,8H2,1H3,(H,17,18,19)/t12-/m1/s1. The number of piperidine rings is 1.